The third kappa shape index (κ3) is 3.38. The van der Waals surface area contributed by atoms with E-state index in [1.165, 1.54) is 0 Å². The van der Waals surface area contributed by atoms with Crippen molar-refractivity contribution in [1.82, 2.24) is 5.48 Å². The molecule has 0 aliphatic rings. The van der Waals surface area contributed by atoms with Gasteiger partial charge >= 0.3 is 5.97 Å². The Labute approximate surface area is 153 Å². The molecule has 3 aromatic rings. The number of nitrogens with one attached hydrogen (secondary N) is 1. The summed E-state index contributed by atoms with van der Waals surface area (Å²) in [4.78, 5) is 18.9. The van der Waals surface area contributed by atoms with Gasteiger partial charge in [-0.25, -0.2) is 4.79 Å². The van der Waals surface area contributed by atoms with Crippen molar-refractivity contribution in [1.29, 1.82) is 0 Å². The Morgan fingerprint density at radius 1 is 0.769 bits per heavy atom. The van der Waals surface area contributed by atoms with Gasteiger partial charge in [0.1, 0.15) is 5.41 Å². The Hall–Kier alpha value is -2.95. The second kappa shape index (κ2) is 8.43. The zero-order valence-electron chi connectivity index (χ0n) is 14.5. The van der Waals surface area contributed by atoms with Crippen LogP contribution in [0.5, 0.6) is 0 Å². The summed E-state index contributed by atoms with van der Waals surface area (Å²) < 4.78 is 0. The van der Waals surface area contributed by atoms with E-state index in [-0.39, 0.29) is 0 Å². The van der Waals surface area contributed by atoms with Crippen molar-refractivity contribution in [2.45, 2.75) is 5.41 Å². The predicted molar refractivity (Wildman–Crippen MR) is 102 cm³/mol. The molecule has 0 unspecified atom stereocenters. The largest absolute Gasteiger partial charge is 0.369 e. The first kappa shape index (κ1) is 17.9. The summed E-state index contributed by atoms with van der Waals surface area (Å²) in [5.74, 6) is -0.394. The topological polar surface area (TPSA) is 64.3 Å². The number of hydroxylamine groups is 1. The van der Waals surface area contributed by atoms with Gasteiger partial charge in [0.2, 0.25) is 0 Å². The first-order chi connectivity index (χ1) is 12.8. The van der Waals surface area contributed by atoms with Gasteiger partial charge in [-0.2, -0.15) is 5.48 Å². The lowest BCUT2D eigenvalue weighted by Crippen LogP contribution is -2.43. The van der Waals surface area contributed by atoms with Crippen LogP contribution in [0.25, 0.3) is 0 Å². The summed E-state index contributed by atoms with van der Waals surface area (Å²) in [6, 6.07) is 29.1. The van der Waals surface area contributed by atoms with Gasteiger partial charge in [-0.1, -0.05) is 91.0 Å². The van der Waals surface area contributed by atoms with E-state index < -0.39 is 11.4 Å². The highest BCUT2D eigenvalue weighted by Gasteiger charge is 2.45. The van der Waals surface area contributed by atoms with E-state index in [1.807, 2.05) is 91.0 Å². The maximum absolute atomic E-state index is 13.4. The molecule has 4 heteroatoms. The molecule has 0 fully saturated rings. The van der Waals surface area contributed by atoms with E-state index in [0.717, 1.165) is 16.7 Å². The molecule has 0 saturated heterocycles. The smallest absolute Gasteiger partial charge is 0.344 e. The summed E-state index contributed by atoms with van der Waals surface area (Å²) in [5, 5.41) is 0. The first-order valence-corrected chi connectivity index (χ1v) is 8.61. The molecule has 132 valence electrons. The third-order valence-corrected chi connectivity index (χ3v) is 4.34. The summed E-state index contributed by atoms with van der Waals surface area (Å²) in [5.41, 5.74) is 9.63. The Morgan fingerprint density at radius 2 is 1.15 bits per heavy atom. The molecule has 4 nitrogen and oxygen atoms in total. The monoisotopic (exact) mass is 346 g/mol. The minimum atomic E-state index is -1.08. The SMILES string of the molecule is NCCNOC(=O)C(c1ccccc1)(c1ccccc1)c1ccccc1. The van der Waals surface area contributed by atoms with Gasteiger partial charge in [-0.05, 0) is 16.7 Å². The van der Waals surface area contributed by atoms with Crippen LogP contribution < -0.4 is 11.2 Å². The predicted octanol–water partition coefficient (Wildman–Crippen LogP) is 3.03. The van der Waals surface area contributed by atoms with E-state index in [9.17, 15) is 4.79 Å². The number of carbonyl (C=O) groups is 1. The maximum Gasteiger partial charge on any atom is 0.344 e. The molecule has 0 amide bonds. The molecule has 3 aromatic carbocycles. The summed E-state index contributed by atoms with van der Waals surface area (Å²) in [7, 11) is 0. The Morgan fingerprint density at radius 3 is 1.50 bits per heavy atom. The fourth-order valence-corrected chi connectivity index (χ4v) is 3.17. The molecule has 0 radical (unpaired) electrons. The normalized spacial score (nSPS) is 11.1. The molecule has 3 rings (SSSR count). The van der Waals surface area contributed by atoms with Crippen molar-refractivity contribution in [3.05, 3.63) is 108 Å². The van der Waals surface area contributed by atoms with Crippen LogP contribution in [0.15, 0.2) is 91.0 Å². The lowest BCUT2D eigenvalue weighted by atomic mass is 9.69. The second-order valence-corrected chi connectivity index (χ2v) is 5.92. The number of hydrogen-bond donors (Lipinski definition) is 2. The van der Waals surface area contributed by atoms with Crippen LogP contribution in [0.1, 0.15) is 16.7 Å². The average Bonchev–Trinajstić information content (AvgIpc) is 2.71. The van der Waals surface area contributed by atoms with Crippen LogP contribution in [-0.2, 0) is 15.0 Å². The van der Waals surface area contributed by atoms with Gasteiger partial charge in [0, 0.05) is 13.1 Å². The molecule has 0 aliphatic heterocycles. The van der Waals surface area contributed by atoms with E-state index in [1.54, 1.807) is 0 Å². The van der Waals surface area contributed by atoms with Crippen molar-refractivity contribution in [3.8, 4) is 0 Å². The second-order valence-electron chi connectivity index (χ2n) is 5.92. The number of carbonyl (C=O) groups excluding carboxylic acids is 1. The highest BCUT2D eigenvalue weighted by molar-refractivity contribution is 5.92. The van der Waals surface area contributed by atoms with E-state index in [0.29, 0.717) is 13.1 Å². The van der Waals surface area contributed by atoms with Crippen LogP contribution in [0.4, 0.5) is 0 Å². The van der Waals surface area contributed by atoms with Crippen molar-refractivity contribution in [3.63, 3.8) is 0 Å². The quantitative estimate of drug-likeness (QED) is 0.392. The minimum absolute atomic E-state index is 0.377. The summed E-state index contributed by atoms with van der Waals surface area (Å²) in [6.07, 6.45) is 0. The van der Waals surface area contributed by atoms with Crippen molar-refractivity contribution in [2.24, 2.45) is 5.73 Å². The summed E-state index contributed by atoms with van der Waals surface area (Å²) in [6.45, 7) is 0.766. The van der Waals surface area contributed by atoms with Gasteiger partial charge in [0.15, 0.2) is 0 Å². The first-order valence-electron chi connectivity index (χ1n) is 8.61. The molecule has 0 saturated carbocycles. The Balaban J connectivity index is 2.23. The van der Waals surface area contributed by atoms with Gasteiger partial charge in [0.25, 0.3) is 0 Å². The standard InChI is InChI=1S/C22H22N2O2/c23-16-17-24-26-21(25)22(18-10-4-1-5-11-18,19-12-6-2-7-13-19)20-14-8-3-9-15-20/h1-15,24H,16-17,23H2. The molecule has 0 heterocycles. The molecule has 0 aliphatic carbocycles. The molecule has 0 atom stereocenters. The molecular formula is C22H22N2O2. The lowest BCUT2D eigenvalue weighted by Gasteiger charge is -2.33. The fraction of sp³-hybridized carbons (Fsp3) is 0.136. The maximum atomic E-state index is 13.4. The van der Waals surface area contributed by atoms with Gasteiger partial charge in [-0.3, -0.25) is 0 Å². The van der Waals surface area contributed by atoms with Crippen LogP contribution in [0, 0.1) is 0 Å². The summed E-state index contributed by atoms with van der Waals surface area (Å²) >= 11 is 0. The highest BCUT2D eigenvalue weighted by Crippen LogP contribution is 2.40. The van der Waals surface area contributed by atoms with Crippen molar-refractivity contribution in [2.75, 3.05) is 13.1 Å². The molecule has 26 heavy (non-hydrogen) atoms. The Bertz CT molecular complexity index is 724. The van der Waals surface area contributed by atoms with Gasteiger partial charge < -0.3 is 10.6 Å². The molecular weight excluding hydrogens is 324 g/mol. The fourth-order valence-electron chi connectivity index (χ4n) is 3.17. The molecule has 0 spiro atoms. The molecule has 3 N–H and O–H groups in total. The van der Waals surface area contributed by atoms with Crippen LogP contribution in [-0.4, -0.2) is 19.1 Å². The van der Waals surface area contributed by atoms with E-state index in [2.05, 4.69) is 5.48 Å². The van der Waals surface area contributed by atoms with Gasteiger partial charge in [0.05, 0.1) is 0 Å². The van der Waals surface area contributed by atoms with Gasteiger partial charge in [-0.15, -0.1) is 0 Å². The Kier molecular flexibility index (Phi) is 5.79. The van der Waals surface area contributed by atoms with Crippen LogP contribution >= 0.6 is 0 Å². The van der Waals surface area contributed by atoms with Crippen LogP contribution in [0.2, 0.25) is 0 Å². The van der Waals surface area contributed by atoms with E-state index >= 15 is 0 Å². The zero-order valence-corrected chi connectivity index (χ0v) is 14.5. The number of nitrogens with two attached hydrogens (primary N) is 1. The molecule has 0 aromatic heterocycles. The van der Waals surface area contributed by atoms with Crippen molar-refractivity contribution < 1.29 is 9.63 Å². The third-order valence-electron chi connectivity index (χ3n) is 4.34. The number of hydrogen-bond acceptors (Lipinski definition) is 4. The number of rotatable bonds is 7. The minimum Gasteiger partial charge on any atom is -0.369 e. The average molecular weight is 346 g/mol. The van der Waals surface area contributed by atoms with Crippen LogP contribution in [0.3, 0.4) is 0 Å². The lowest BCUT2D eigenvalue weighted by molar-refractivity contribution is -0.155. The molecule has 0 bridgehead atoms. The van der Waals surface area contributed by atoms with E-state index in [4.69, 9.17) is 10.6 Å². The highest BCUT2D eigenvalue weighted by atomic mass is 16.7. The zero-order chi connectivity index (χ0) is 18.2. The number of benzene rings is 3. The van der Waals surface area contributed by atoms with Crippen molar-refractivity contribution >= 4 is 5.97 Å².